The van der Waals surface area contributed by atoms with Crippen LogP contribution >= 0.6 is 35.3 Å². The van der Waals surface area contributed by atoms with E-state index in [2.05, 4.69) is 63.0 Å². The van der Waals surface area contributed by atoms with Crippen molar-refractivity contribution in [2.75, 3.05) is 11.5 Å². The summed E-state index contributed by atoms with van der Waals surface area (Å²) in [6.45, 7) is 9.63. The predicted octanol–water partition coefficient (Wildman–Crippen LogP) is 12.5. The van der Waals surface area contributed by atoms with Crippen molar-refractivity contribution in [3.63, 3.8) is 0 Å². The van der Waals surface area contributed by atoms with Crippen LogP contribution in [0.15, 0.2) is 0 Å². The van der Waals surface area contributed by atoms with E-state index in [9.17, 15) is 0 Å². The molecule has 2 unspecified atom stereocenters. The molecule has 0 amide bonds. The zero-order chi connectivity index (χ0) is 25.2. The number of hydrogen-bond donors (Lipinski definition) is 0. The molecular formula is C32H62S3. The molecule has 2 saturated carbocycles. The van der Waals surface area contributed by atoms with Crippen LogP contribution < -0.4 is 0 Å². The molecular weight excluding hydrogens is 481 g/mol. The Morgan fingerprint density at radius 3 is 1.17 bits per heavy atom. The lowest BCUT2D eigenvalue weighted by atomic mass is 9.99. The molecule has 2 rings (SSSR count). The summed E-state index contributed by atoms with van der Waals surface area (Å²) in [5, 5.41) is 0. The van der Waals surface area contributed by atoms with Crippen molar-refractivity contribution in [3.8, 4) is 0 Å². The van der Waals surface area contributed by atoms with E-state index in [1.165, 1.54) is 153 Å². The van der Waals surface area contributed by atoms with Gasteiger partial charge >= 0.3 is 0 Å². The van der Waals surface area contributed by atoms with Crippen LogP contribution in [0.1, 0.15) is 169 Å². The second kappa shape index (κ2) is 19.2. The molecule has 208 valence electrons. The Hall–Kier alpha value is 1.05. The predicted molar refractivity (Wildman–Crippen MR) is 169 cm³/mol. The first kappa shape index (κ1) is 32.3. The van der Waals surface area contributed by atoms with Crippen molar-refractivity contribution in [2.24, 2.45) is 11.8 Å². The molecule has 0 nitrogen and oxygen atoms in total. The van der Waals surface area contributed by atoms with Crippen LogP contribution in [0.25, 0.3) is 0 Å². The van der Waals surface area contributed by atoms with E-state index in [1.807, 2.05) is 0 Å². The molecule has 2 aliphatic carbocycles. The van der Waals surface area contributed by atoms with Crippen molar-refractivity contribution in [1.29, 1.82) is 0 Å². The molecule has 0 N–H and O–H groups in total. The van der Waals surface area contributed by atoms with E-state index < -0.39 is 0 Å². The van der Waals surface area contributed by atoms with Gasteiger partial charge in [0.15, 0.2) is 0 Å². The molecule has 0 aromatic heterocycles. The van der Waals surface area contributed by atoms with Gasteiger partial charge in [0.2, 0.25) is 0 Å². The molecule has 2 aliphatic rings. The Morgan fingerprint density at radius 2 is 0.857 bits per heavy atom. The Labute approximate surface area is 234 Å². The molecule has 35 heavy (non-hydrogen) atoms. The fourth-order valence-electron chi connectivity index (χ4n) is 6.11. The van der Waals surface area contributed by atoms with Gasteiger partial charge in [0.25, 0.3) is 0 Å². The number of unbranched alkanes of at least 4 members (excludes halogenated alkanes) is 2. The molecule has 0 saturated heterocycles. The summed E-state index contributed by atoms with van der Waals surface area (Å²) < 4.78 is 0.967. The summed E-state index contributed by atoms with van der Waals surface area (Å²) in [5.74, 6) is 4.70. The molecule has 2 atom stereocenters. The molecule has 0 spiro atoms. The standard InChI is InChI=1S/C32H62S3/c1-5-9-21-29(7-3)27-33-31(23-17-13-11-14-18-24-31)35-32(25-19-15-12-16-20-26-32)34-28-30(8-4)22-10-6-2/h29-30H,5-28H2,1-4H3. The minimum absolute atomic E-state index is 0.484. The quantitative estimate of drug-likeness (QED) is 0.178. The van der Waals surface area contributed by atoms with Crippen molar-refractivity contribution >= 4 is 35.3 Å². The number of thioether (sulfide) groups is 3. The SMILES string of the molecule is CCCCC(CC)CSC1(SC2(SCC(CC)CCCC)CCCCCCC2)CCCCCCC1. The second-order valence-electron chi connectivity index (χ2n) is 11.9. The monoisotopic (exact) mass is 542 g/mol. The maximum Gasteiger partial charge on any atom is 0.0625 e. The minimum Gasteiger partial charge on any atom is -0.144 e. The molecule has 0 aromatic carbocycles. The lowest BCUT2D eigenvalue weighted by molar-refractivity contribution is 0.467. The zero-order valence-electron chi connectivity index (χ0n) is 24.4. The topological polar surface area (TPSA) is 0 Å². The van der Waals surface area contributed by atoms with Crippen LogP contribution in [-0.2, 0) is 0 Å². The molecule has 0 aromatic rings. The van der Waals surface area contributed by atoms with E-state index in [1.54, 1.807) is 0 Å². The first-order valence-electron chi connectivity index (χ1n) is 16.1. The average Bonchev–Trinajstić information content (AvgIpc) is 2.84. The van der Waals surface area contributed by atoms with Gasteiger partial charge in [-0.2, -0.15) is 0 Å². The first-order valence-corrected chi connectivity index (χ1v) is 18.9. The van der Waals surface area contributed by atoms with Gasteiger partial charge in [-0.05, 0) is 61.9 Å². The van der Waals surface area contributed by atoms with Crippen molar-refractivity contribution in [3.05, 3.63) is 0 Å². The van der Waals surface area contributed by atoms with E-state index in [0.717, 1.165) is 11.8 Å². The number of rotatable bonds is 16. The Balaban J connectivity index is 2.21. The van der Waals surface area contributed by atoms with Gasteiger partial charge in [0.1, 0.15) is 0 Å². The van der Waals surface area contributed by atoms with Crippen LogP contribution in [0.3, 0.4) is 0 Å². The van der Waals surface area contributed by atoms with Crippen LogP contribution in [0.4, 0.5) is 0 Å². The maximum absolute atomic E-state index is 2.56. The van der Waals surface area contributed by atoms with E-state index in [-0.39, 0.29) is 0 Å². The van der Waals surface area contributed by atoms with Crippen molar-refractivity contribution in [2.45, 2.75) is 177 Å². The third-order valence-electron chi connectivity index (χ3n) is 8.85. The van der Waals surface area contributed by atoms with Crippen LogP contribution in [0.5, 0.6) is 0 Å². The molecule has 0 heterocycles. The summed E-state index contributed by atoms with van der Waals surface area (Å²) in [6, 6.07) is 0. The van der Waals surface area contributed by atoms with E-state index in [0.29, 0.717) is 8.16 Å². The molecule has 2 fully saturated rings. The highest BCUT2D eigenvalue weighted by Crippen LogP contribution is 2.59. The lowest BCUT2D eigenvalue weighted by Gasteiger charge is -2.45. The highest BCUT2D eigenvalue weighted by Gasteiger charge is 2.43. The summed E-state index contributed by atoms with van der Waals surface area (Å²) >= 11 is 7.48. The second-order valence-corrected chi connectivity index (χ2v) is 17.0. The summed E-state index contributed by atoms with van der Waals surface area (Å²) in [5.41, 5.74) is 0. The highest BCUT2D eigenvalue weighted by molar-refractivity contribution is 8.25. The van der Waals surface area contributed by atoms with E-state index in [4.69, 9.17) is 0 Å². The highest BCUT2D eigenvalue weighted by atomic mass is 32.2. The minimum atomic E-state index is 0.484. The fraction of sp³-hybridized carbons (Fsp3) is 1.00. The molecule has 0 bridgehead atoms. The van der Waals surface area contributed by atoms with Gasteiger partial charge in [-0.15, -0.1) is 35.3 Å². The van der Waals surface area contributed by atoms with Crippen LogP contribution in [-0.4, -0.2) is 19.7 Å². The van der Waals surface area contributed by atoms with Crippen molar-refractivity contribution < 1.29 is 0 Å². The first-order chi connectivity index (χ1) is 17.1. The average molecular weight is 543 g/mol. The van der Waals surface area contributed by atoms with Gasteiger partial charge in [0, 0.05) is 0 Å². The maximum atomic E-state index is 2.56. The molecule has 0 aliphatic heterocycles. The summed E-state index contributed by atoms with van der Waals surface area (Å²) in [7, 11) is 0. The Morgan fingerprint density at radius 1 is 0.514 bits per heavy atom. The Kier molecular flexibility index (Phi) is 17.7. The van der Waals surface area contributed by atoms with Gasteiger partial charge in [-0.3, -0.25) is 0 Å². The fourth-order valence-corrected chi connectivity index (χ4v) is 12.8. The van der Waals surface area contributed by atoms with Gasteiger partial charge < -0.3 is 0 Å². The summed E-state index contributed by atoms with van der Waals surface area (Å²) in [6.07, 6.45) is 31.9. The molecule has 0 radical (unpaired) electrons. The lowest BCUT2D eigenvalue weighted by Crippen LogP contribution is -2.34. The van der Waals surface area contributed by atoms with Crippen LogP contribution in [0.2, 0.25) is 0 Å². The Bertz CT molecular complexity index is 445. The third kappa shape index (κ3) is 12.6. The van der Waals surface area contributed by atoms with Crippen LogP contribution in [0, 0.1) is 11.8 Å². The van der Waals surface area contributed by atoms with Gasteiger partial charge in [-0.25, -0.2) is 0 Å². The normalized spacial score (nSPS) is 23.0. The largest absolute Gasteiger partial charge is 0.144 e. The van der Waals surface area contributed by atoms with Gasteiger partial charge in [0.05, 0.1) is 8.16 Å². The number of hydrogen-bond acceptors (Lipinski definition) is 3. The smallest absolute Gasteiger partial charge is 0.0625 e. The third-order valence-corrected chi connectivity index (χ3v) is 14.8. The summed E-state index contributed by atoms with van der Waals surface area (Å²) in [4.78, 5) is 0. The zero-order valence-corrected chi connectivity index (χ0v) is 26.8. The molecule has 3 heteroatoms. The van der Waals surface area contributed by atoms with E-state index >= 15 is 0 Å². The van der Waals surface area contributed by atoms with Gasteiger partial charge in [-0.1, -0.05) is 130 Å². The van der Waals surface area contributed by atoms with Crippen molar-refractivity contribution in [1.82, 2.24) is 0 Å².